The highest BCUT2D eigenvalue weighted by atomic mass is 16.5. The normalized spacial score (nSPS) is 19.0. The number of carbonyl (C=O) groups excluding carboxylic acids is 4. The number of aliphatic hydroxyl groups excluding tert-OH is 1. The van der Waals surface area contributed by atoms with Gasteiger partial charge in [0.05, 0.1) is 17.9 Å². The number of nitrogens with zero attached hydrogens (tertiary/aromatic N) is 1. The number of nitrogens with one attached hydrogen (secondary N) is 2. The molecule has 1 aromatic rings. The molecule has 1 aliphatic carbocycles. The fraction of sp³-hybridized carbons (Fsp3) is 0.607. The van der Waals surface area contributed by atoms with Crippen molar-refractivity contribution in [2.45, 2.75) is 70.8 Å². The van der Waals surface area contributed by atoms with Crippen LogP contribution in [0.3, 0.4) is 0 Å². The third-order valence-electron chi connectivity index (χ3n) is 7.56. The van der Waals surface area contributed by atoms with Gasteiger partial charge in [-0.3, -0.25) is 28.9 Å². The maximum atomic E-state index is 13.8. The number of carboxylic acids is 1. The zero-order valence-electron chi connectivity index (χ0n) is 22.4. The maximum Gasteiger partial charge on any atom is 0.326 e. The number of amides is 3. The number of rotatable bonds is 13. The van der Waals surface area contributed by atoms with E-state index >= 15 is 0 Å². The van der Waals surface area contributed by atoms with Crippen LogP contribution < -0.4 is 15.5 Å². The van der Waals surface area contributed by atoms with Crippen molar-refractivity contribution in [3.05, 3.63) is 29.8 Å². The molecular weight excluding hydrogens is 506 g/mol. The molecule has 0 bridgehead atoms. The van der Waals surface area contributed by atoms with E-state index in [2.05, 4.69) is 10.6 Å². The Morgan fingerprint density at radius 2 is 1.90 bits per heavy atom. The fourth-order valence-electron chi connectivity index (χ4n) is 5.56. The van der Waals surface area contributed by atoms with Crippen molar-refractivity contribution in [2.75, 3.05) is 31.2 Å². The Kier molecular flexibility index (Phi) is 10.8. The van der Waals surface area contributed by atoms with Gasteiger partial charge in [-0.1, -0.05) is 31.0 Å². The zero-order chi connectivity index (χ0) is 28.4. The molecule has 1 fully saturated rings. The highest BCUT2D eigenvalue weighted by Gasteiger charge is 2.46. The molecule has 11 heteroatoms. The molecule has 0 spiro atoms. The van der Waals surface area contributed by atoms with Crippen LogP contribution in [0.4, 0.5) is 5.69 Å². The van der Waals surface area contributed by atoms with Gasteiger partial charge in [0.2, 0.25) is 17.7 Å². The van der Waals surface area contributed by atoms with E-state index < -0.39 is 47.0 Å². The standard InChI is InChI=1S/C28H39N3O8/c1-2-39-24(34)18-31-22-9-4-3-8-19(22)10-11-21(25(31)35)30-27(38)28(12-5-6-13-28)17-20(26(36)37)16-23(33)29-14-7-15-32/h3-4,8-9,20-21,32H,2,5-7,10-18H2,1H3,(H,29,33)(H,30,38)(H,36,37)/t20?,21-/m0/s1. The molecule has 4 N–H and O–H groups in total. The Hall–Kier alpha value is -3.47. The van der Waals surface area contributed by atoms with Crippen molar-refractivity contribution >= 4 is 35.3 Å². The van der Waals surface area contributed by atoms with Crippen LogP contribution in [0, 0.1) is 11.3 Å². The lowest BCUT2D eigenvalue weighted by Crippen LogP contribution is -2.53. The first-order valence-corrected chi connectivity index (χ1v) is 13.7. The second kappa shape index (κ2) is 14.1. The van der Waals surface area contributed by atoms with Crippen molar-refractivity contribution in [1.82, 2.24) is 10.6 Å². The summed E-state index contributed by atoms with van der Waals surface area (Å²) in [5.74, 6) is -4.05. The van der Waals surface area contributed by atoms with Crippen LogP contribution in [0.5, 0.6) is 0 Å². The van der Waals surface area contributed by atoms with E-state index in [0.717, 1.165) is 18.4 Å². The number of carboxylic acid groups (broad SMARTS) is 1. The number of aliphatic carboxylic acids is 1. The number of hydrogen-bond donors (Lipinski definition) is 4. The molecule has 2 atom stereocenters. The van der Waals surface area contributed by atoms with Crippen LogP contribution in [-0.4, -0.2) is 72.2 Å². The number of ether oxygens (including phenoxy) is 1. The Morgan fingerprint density at radius 1 is 1.18 bits per heavy atom. The molecule has 0 radical (unpaired) electrons. The van der Waals surface area contributed by atoms with Gasteiger partial charge in [-0.2, -0.15) is 0 Å². The molecule has 1 heterocycles. The van der Waals surface area contributed by atoms with Gasteiger partial charge in [-0.15, -0.1) is 0 Å². The first kappa shape index (κ1) is 30.1. The minimum atomic E-state index is -1.16. The summed E-state index contributed by atoms with van der Waals surface area (Å²) >= 11 is 0. The van der Waals surface area contributed by atoms with Crippen molar-refractivity contribution in [3.63, 3.8) is 0 Å². The van der Waals surface area contributed by atoms with Crippen LogP contribution in [0.2, 0.25) is 0 Å². The first-order valence-electron chi connectivity index (χ1n) is 13.7. The number of hydrogen-bond acceptors (Lipinski definition) is 7. The van der Waals surface area contributed by atoms with Crippen molar-refractivity contribution in [2.24, 2.45) is 11.3 Å². The van der Waals surface area contributed by atoms with Gasteiger partial charge in [-0.05, 0) is 57.1 Å². The summed E-state index contributed by atoms with van der Waals surface area (Å²) in [5.41, 5.74) is 0.460. The Labute approximate surface area is 228 Å². The predicted molar refractivity (Wildman–Crippen MR) is 142 cm³/mol. The Morgan fingerprint density at radius 3 is 2.56 bits per heavy atom. The number of fused-ring (bicyclic) bond motifs is 1. The van der Waals surface area contributed by atoms with Crippen LogP contribution >= 0.6 is 0 Å². The van der Waals surface area contributed by atoms with Crippen LogP contribution in [0.15, 0.2) is 24.3 Å². The largest absolute Gasteiger partial charge is 0.481 e. The molecule has 3 amide bonds. The van der Waals surface area contributed by atoms with Crippen LogP contribution in [0.1, 0.15) is 63.9 Å². The lowest BCUT2D eigenvalue weighted by atomic mass is 9.75. The van der Waals surface area contributed by atoms with Crippen molar-refractivity contribution in [1.29, 1.82) is 0 Å². The van der Waals surface area contributed by atoms with Crippen molar-refractivity contribution in [3.8, 4) is 0 Å². The molecule has 1 aromatic carbocycles. The third-order valence-corrected chi connectivity index (χ3v) is 7.56. The van der Waals surface area contributed by atoms with Gasteiger partial charge in [-0.25, -0.2) is 0 Å². The summed E-state index contributed by atoms with van der Waals surface area (Å²) in [5, 5.41) is 24.3. The van der Waals surface area contributed by atoms with E-state index in [9.17, 15) is 29.1 Å². The Balaban J connectivity index is 1.78. The van der Waals surface area contributed by atoms with E-state index in [-0.39, 0.29) is 39.1 Å². The average Bonchev–Trinajstić information content (AvgIpc) is 3.34. The van der Waals surface area contributed by atoms with Gasteiger partial charge in [0.1, 0.15) is 12.6 Å². The molecule has 11 nitrogen and oxygen atoms in total. The van der Waals surface area contributed by atoms with E-state index in [1.165, 1.54) is 4.90 Å². The van der Waals surface area contributed by atoms with Gasteiger partial charge >= 0.3 is 11.9 Å². The molecule has 3 rings (SSSR count). The maximum absolute atomic E-state index is 13.8. The minimum absolute atomic E-state index is 0.0186. The van der Waals surface area contributed by atoms with E-state index in [1.807, 2.05) is 12.1 Å². The van der Waals surface area contributed by atoms with Gasteiger partial charge < -0.3 is 25.6 Å². The number of aryl methyl sites for hydroxylation is 1. The van der Waals surface area contributed by atoms with E-state index in [0.29, 0.717) is 37.8 Å². The lowest BCUT2D eigenvalue weighted by molar-refractivity contribution is -0.147. The summed E-state index contributed by atoms with van der Waals surface area (Å²) in [6.45, 7) is 1.72. The molecule has 0 saturated heterocycles. The zero-order valence-corrected chi connectivity index (χ0v) is 22.4. The number of anilines is 1. The molecule has 214 valence electrons. The Bertz CT molecular complexity index is 1050. The molecule has 1 saturated carbocycles. The minimum Gasteiger partial charge on any atom is -0.481 e. The summed E-state index contributed by atoms with van der Waals surface area (Å²) in [7, 11) is 0. The smallest absolute Gasteiger partial charge is 0.326 e. The monoisotopic (exact) mass is 545 g/mol. The second-order valence-electron chi connectivity index (χ2n) is 10.3. The van der Waals surface area contributed by atoms with E-state index in [4.69, 9.17) is 9.84 Å². The van der Waals surface area contributed by atoms with Gasteiger partial charge in [0.15, 0.2) is 0 Å². The summed E-state index contributed by atoms with van der Waals surface area (Å²) in [6.07, 6.45) is 3.30. The highest BCUT2D eigenvalue weighted by molar-refractivity contribution is 6.03. The highest BCUT2D eigenvalue weighted by Crippen LogP contribution is 2.44. The number of aliphatic hydroxyl groups is 1. The number of benzene rings is 1. The molecule has 1 aliphatic heterocycles. The lowest BCUT2D eigenvalue weighted by Gasteiger charge is -2.33. The summed E-state index contributed by atoms with van der Waals surface area (Å²) in [4.78, 5) is 65.5. The van der Waals surface area contributed by atoms with Crippen molar-refractivity contribution < 1.29 is 38.9 Å². The third kappa shape index (κ3) is 7.78. The second-order valence-corrected chi connectivity index (χ2v) is 10.3. The topological polar surface area (TPSA) is 162 Å². The first-order chi connectivity index (χ1) is 18.7. The summed E-state index contributed by atoms with van der Waals surface area (Å²) < 4.78 is 5.07. The SMILES string of the molecule is CCOC(=O)CN1C(=O)[C@@H](NC(=O)C2(CC(CC(=O)NCCCO)C(=O)O)CCCC2)CCc2ccccc21. The molecule has 39 heavy (non-hydrogen) atoms. The predicted octanol–water partition coefficient (Wildman–Crippen LogP) is 1.55. The quantitative estimate of drug-likeness (QED) is 0.214. The number of carbonyl (C=O) groups is 5. The average molecular weight is 546 g/mol. The fourth-order valence-corrected chi connectivity index (χ4v) is 5.56. The molecule has 1 unspecified atom stereocenters. The van der Waals surface area contributed by atoms with Gasteiger partial charge in [0, 0.05) is 25.3 Å². The van der Waals surface area contributed by atoms with Gasteiger partial charge in [0.25, 0.3) is 0 Å². The summed E-state index contributed by atoms with van der Waals surface area (Å²) in [6, 6.07) is 6.37. The molecule has 0 aromatic heterocycles. The molecular formula is C28H39N3O8. The van der Waals surface area contributed by atoms with E-state index in [1.54, 1.807) is 19.1 Å². The number of esters is 1. The van der Waals surface area contributed by atoms with Crippen LogP contribution in [-0.2, 0) is 35.1 Å². The molecule has 2 aliphatic rings. The van der Waals surface area contributed by atoms with Crippen LogP contribution in [0.25, 0.3) is 0 Å². The number of para-hydroxylation sites is 1.